The summed E-state index contributed by atoms with van der Waals surface area (Å²) in [6.07, 6.45) is 7.30. The van der Waals surface area contributed by atoms with Gasteiger partial charge >= 0.3 is 0 Å². The molecule has 0 spiro atoms. The molecule has 164 valence electrons. The smallest absolute Gasteiger partial charge is 0.221 e. The van der Waals surface area contributed by atoms with E-state index in [9.17, 15) is 4.79 Å². The molecular formula is C25H31N3O2S. The van der Waals surface area contributed by atoms with Crippen LogP contribution in [0.3, 0.4) is 0 Å². The number of aliphatic imine (C=N–C) groups is 1. The van der Waals surface area contributed by atoms with Gasteiger partial charge in [0.2, 0.25) is 5.91 Å². The molecule has 1 aromatic carbocycles. The first-order valence-electron chi connectivity index (χ1n) is 10.3. The molecule has 0 aliphatic heterocycles. The fourth-order valence-electron chi connectivity index (χ4n) is 2.75. The maximum absolute atomic E-state index is 11.4. The van der Waals surface area contributed by atoms with Gasteiger partial charge in [-0.15, -0.1) is 11.3 Å². The Hall–Kier alpha value is -3.12. The molecule has 0 aliphatic rings. The van der Waals surface area contributed by atoms with Crippen LogP contribution in [0.1, 0.15) is 39.0 Å². The third-order valence-corrected chi connectivity index (χ3v) is 5.39. The van der Waals surface area contributed by atoms with Crippen molar-refractivity contribution in [3.63, 3.8) is 0 Å². The lowest BCUT2D eigenvalue weighted by atomic mass is 10.2. The van der Waals surface area contributed by atoms with Crippen LogP contribution in [0.4, 0.5) is 0 Å². The first kappa shape index (κ1) is 24.2. The average molecular weight is 438 g/mol. The molecule has 1 heterocycles. The van der Waals surface area contributed by atoms with Crippen molar-refractivity contribution in [2.24, 2.45) is 4.99 Å². The number of fused-ring (bicyclic) bond motifs is 1. The second kappa shape index (κ2) is 11.9. The number of rotatable bonds is 11. The molecule has 1 aromatic heterocycles. The van der Waals surface area contributed by atoms with Gasteiger partial charge in [-0.3, -0.25) is 4.79 Å². The molecule has 1 amide bonds. The molecule has 2 rings (SSSR count). The van der Waals surface area contributed by atoms with E-state index in [0.717, 1.165) is 24.2 Å². The summed E-state index contributed by atoms with van der Waals surface area (Å²) in [6, 6.07) is 8.35. The molecule has 0 unspecified atom stereocenters. The van der Waals surface area contributed by atoms with Gasteiger partial charge in [0.15, 0.2) is 0 Å². The fourth-order valence-corrected chi connectivity index (χ4v) is 3.73. The zero-order valence-corrected chi connectivity index (χ0v) is 19.6. The predicted octanol–water partition coefficient (Wildman–Crippen LogP) is 5.86. The van der Waals surface area contributed by atoms with Crippen molar-refractivity contribution in [2.75, 3.05) is 6.61 Å². The van der Waals surface area contributed by atoms with Gasteiger partial charge in [-0.05, 0) is 61.6 Å². The molecule has 31 heavy (non-hydrogen) atoms. The van der Waals surface area contributed by atoms with E-state index in [1.165, 1.54) is 21.9 Å². The summed E-state index contributed by atoms with van der Waals surface area (Å²) in [5.41, 5.74) is 1.89. The molecule has 0 radical (unpaired) electrons. The van der Waals surface area contributed by atoms with Gasteiger partial charge in [0.1, 0.15) is 18.2 Å². The third kappa shape index (κ3) is 7.90. The Kier molecular flexibility index (Phi) is 9.28. The summed E-state index contributed by atoms with van der Waals surface area (Å²) in [6.45, 7) is 15.7. The van der Waals surface area contributed by atoms with Gasteiger partial charge in [-0.1, -0.05) is 32.6 Å². The van der Waals surface area contributed by atoms with Gasteiger partial charge in [0.25, 0.3) is 0 Å². The minimum Gasteiger partial charge on any atom is -0.489 e. The van der Waals surface area contributed by atoms with Gasteiger partial charge in [-0.25, -0.2) is 4.99 Å². The average Bonchev–Trinajstić information content (AvgIpc) is 3.13. The fraction of sp³-hybridized carbons (Fsp3) is 0.280. The lowest BCUT2D eigenvalue weighted by Gasteiger charge is -2.15. The number of nitrogens with one attached hydrogen (secondary N) is 2. The SMILES string of the molecule is C=C(C)/C=C(/NC(=C/COc1ccc2sc(CC)cc2c1)/N=C\CC)C(=C)NC(C)=O. The molecule has 6 heteroatoms. The second-order valence-electron chi connectivity index (χ2n) is 7.08. The molecule has 5 nitrogen and oxygen atoms in total. The maximum atomic E-state index is 11.4. The third-order valence-electron chi connectivity index (χ3n) is 4.13. The summed E-state index contributed by atoms with van der Waals surface area (Å²) >= 11 is 1.81. The van der Waals surface area contributed by atoms with E-state index in [1.807, 2.05) is 49.6 Å². The van der Waals surface area contributed by atoms with Crippen LogP contribution in [0.15, 0.2) is 77.4 Å². The Balaban J connectivity index is 2.16. The van der Waals surface area contributed by atoms with Crippen LogP contribution < -0.4 is 15.4 Å². The van der Waals surface area contributed by atoms with Crippen molar-refractivity contribution in [3.8, 4) is 5.75 Å². The van der Waals surface area contributed by atoms with Crippen molar-refractivity contribution in [3.05, 3.63) is 77.2 Å². The van der Waals surface area contributed by atoms with Crippen LogP contribution in [0.5, 0.6) is 5.75 Å². The number of carbonyl (C=O) groups excluding carboxylic acids is 1. The zero-order chi connectivity index (χ0) is 22.8. The molecule has 0 bridgehead atoms. The topological polar surface area (TPSA) is 62.7 Å². The van der Waals surface area contributed by atoms with E-state index in [4.69, 9.17) is 4.74 Å². The van der Waals surface area contributed by atoms with E-state index >= 15 is 0 Å². The number of amides is 1. The molecule has 0 aliphatic carbocycles. The van der Waals surface area contributed by atoms with Gasteiger partial charge in [0, 0.05) is 22.7 Å². The number of benzene rings is 1. The van der Waals surface area contributed by atoms with Crippen LogP contribution in [0.25, 0.3) is 10.1 Å². The molecular weight excluding hydrogens is 406 g/mol. The maximum Gasteiger partial charge on any atom is 0.221 e. The van der Waals surface area contributed by atoms with E-state index in [-0.39, 0.29) is 5.91 Å². The quantitative estimate of drug-likeness (QED) is 0.342. The summed E-state index contributed by atoms with van der Waals surface area (Å²) in [7, 11) is 0. The molecule has 2 aromatic rings. The molecule has 2 N–H and O–H groups in total. The van der Waals surface area contributed by atoms with Gasteiger partial charge < -0.3 is 15.4 Å². The second-order valence-corrected chi connectivity index (χ2v) is 8.24. The minimum atomic E-state index is -0.194. The van der Waals surface area contributed by atoms with E-state index in [1.54, 1.807) is 0 Å². The molecule has 0 fully saturated rings. The van der Waals surface area contributed by atoms with Crippen molar-refractivity contribution in [1.82, 2.24) is 10.6 Å². The number of allylic oxidation sites excluding steroid dienone is 2. The predicted molar refractivity (Wildman–Crippen MR) is 133 cm³/mol. The minimum absolute atomic E-state index is 0.194. The highest BCUT2D eigenvalue weighted by molar-refractivity contribution is 7.19. The van der Waals surface area contributed by atoms with Gasteiger partial charge in [0.05, 0.1) is 11.4 Å². The van der Waals surface area contributed by atoms with Crippen LogP contribution in [0.2, 0.25) is 0 Å². The van der Waals surface area contributed by atoms with Crippen molar-refractivity contribution < 1.29 is 9.53 Å². The summed E-state index contributed by atoms with van der Waals surface area (Å²) in [4.78, 5) is 17.3. The first-order valence-corrected chi connectivity index (χ1v) is 11.1. The monoisotopic (exact) mass is 437 g/mol. The number of nitrogens with zero attached hydrogens (tertiary/aromatic N) is 1. The molecule has 0 saturated heterocycles. The standard InChI is InChI=1S/C25H31N3O2S/c1-7-12-26-25(28-23(14-17(3)4)18(5)27-19(6)29)11-13-30-21-9-10-24-20(15-21)16-22(8-2)31-24/h9-12,14-16,28H,3,5,7-8,13H2,1-2,4,6H3,(H,27,29)/b23-14+,25-11+,26-12-. The highest BCUT2D eigenvalue weighted by Gasteiger charge is 2.07. The Morgan fingerprint density at radius 1 is 1.19 bits per heavy atom. The first-order chi connectivity index (χ1) is 14.8. The number of carbonyl (C=O) groups is 1. The van der Waals surface area contributed by atoms with Crippen LogP contribution in [-0.4, -0.2) is 18.7 Å². The summed E-state index contributed by atoms with van der Waals surface area (Å²) in [5, 5.41) is 7.12. The number of aryl methyl sites for hydroxylation is 1. The Morgan fingerprint density at radius 2 is 1.97 bits per heavy atom. The van der Waals surface area contributed by atoms with Crippen molar-refractivity contribution in [1.29, 1.82) is 0 Å². The highest BCUT2D eigenvalue weighted by Crippen LogP contribution is 2.29. The zero-order valence-electron chi connectivity index (χ0n) is 18.7. The highest BCUT2D eigenvalue weighted by atomic mass is 32.1. The number of hydrogen-bond donors (Lipinski definition) is 2. The van der Waals surface area contributed by atoms with E-state index < -0.39 is 0 Å². The van der Waals surface area contributed by atoms with Crippen LogP contribution in [0, 0.1) is 0 Å². The van der Waals surface area contributed by atoms with Crippen LogP contribution in [-0.2, 0) is 11.2 Å². The normalized spacial score (nSPS) is 12.3. The summed E-state index contributed by atoms with van der Waals surface area (Å²) < 4.78 is 7.20. The van der Waals surface area contributed by atoms with Gasteiger partial charge in [-0.2, -0.15) is 0 Å². The lowest BCUT2D eigenvalue weighted by Crippen LogP contribution is -2.25. The molecule has 0 saturated carbocycles. The Bertz CT molecular complexity index is 1040. The number of hydrogen-bond acceptors (Lipinski definition) is 5. The van der Waals surface area contributed by atoms with E-state index in [2.05, 4.69) is 53.9 Å². The largest absolute Gasteiger partial charge is 0.489 e. The van der Waals surface area contributed by atoms with Crippen molar-refractivity contribution >= 4 is 33.5 Å². The number of ether oxygens (including phenoxy) is 1. The number of thiophene rings is 1. The lowest BCUT2D eigenvalue weighted by molar-refractivity contribution is -0.118. The molecule has 0 atom stereocenters. The van der Waals surface area contributed by atoms with E-state index in [0.29, 0.717) is 23.8 Å². The summed E-state index contributed by atoms with van der Waals surface area (Å²) in [5.74, 6) is 1.22. The van der Waals surface area contributed by atoms with Crippen molar-refractivity contribution in [2.45, 2.75) is 40.5 Å². The van der Waals surface area contributed by atoms with Crippen LogP contribution >= 0.6 is 11.3 Å². The Labute approximate surface area is 188 Å². The Morgan fingerprint density at radius 3 is 2.61 bits per heavy atom.